The van der Waals surface area contributed by atoms with Crippen LogP contribution in [-0.2, 0) is 5.41 Å². The summed E-state index contributed by atoms with van der Waals surface area (Å²) in [7, 11) is 3.12. The molecule has 0 unspecified atom stereocenters. The highest BCUT2D eigenvalue weighted by Gasteiger charge is 2.29. The van der Waals surface area contributed by atoms with Crippen LogP contribution >= 0.6 is 11.6 Å². The van der Waals surface area contributed by atoms with Gasteiger partial charge in [-0.15, -0.1) is 0 Å². The molecule has 1 rings (SSSR count). The summed E-state index contributed by atoms with van der Waals surface area (Å²) in [5.74, 6) is 1.10. The smallest absolute Gasteiger partial charge is 0.179 e. The highest BCUT2D eigenvalue weighted by Crippen LogP contribution is 2.44. The monoisotopic (exact) mass is 258 g/mol. The molecular formula is C13H19ClO3. The number of aliphatic hydroxyl groups excluding tert-OH is 1. The first-order valence-electron chi connectivity index (χ1n) is 5.41. The Morgan fingerprint density at radius 3 is 2.18 bits per heavy atom. The molecule has 1 aromatic rings. The SMILES string of the molecule is COc1c(Cl)cc(C)c(C(C)(C)CO)c1OC. The van der Waals surface area contributed by atoms with Crippen molar-refractivity contribution >= 4 is 11.6 Å². The van der Waals surface area contributed by atoms with Crippen molar-refractivity contribution in [1.29, 1.82) is 0 Å². The molecule has 3 nitrogen and oxygen atoms in total. The molecule has 0 radical (unpaired) electrons. The van der Waals surface area contributed by atoms with E-state index in [0.29, 0.717) is 16.5 Å². The molecule has 96 valence electrons. The lowest BCUT2D eigenvalue weighted by Crippen LogP contribution is -2.24. The van der Waals surface area contributed by atoms with Gasteiger partial charge in [0.25, 0.3) is 0 Å². The highest BCUT2D eigenvalue weighted by atomic mass is 35.5. The Morgan fingerprint density at radius 2 is 1.76 bits per heavy atom. The first-order chi connectivity index (χ1) is 7.88. The third kappa shape index (κ3) is 2.50. The van der Waals surface area contributed by atoms with E-state index in [4.69, 9.17) is 21.1 Å². The van der Waals surface area contributed by atoms with Gasteiger partial charge >= 0.3 is 0 Å². The van der Waals surface area contributed by atoms with Gasteiger partial charge < -0.3 is 14.6 Å². The van der Waals surface area contributed by atoms with E-state index in [1.165, 1.54) is 0 Å². The van der Waals surface area contributed by atoms with E-state index in [0.717, 1.165) is 11.1 Å². The van der Waals surface area contributed by atoms with Crippen LogP contribution in [-0.4, -0.2) is 25.9 Å². The van der Waals surface area contributed by atoms with Gasteiger partial charge in [-0.25, -0.2) is 0 Å². The van der Waals surface area contributed by atoms with E-state index >= 15 is 0 Å². The molecule has 0 aromatic heterocycles. The van der Waals surface area contributed by atoms with Crippen LogP contribution in [0.4, 0.5) is 0 Å². The van der Waals surface area contributed by atoms with Crippen molar-refractivity contribution in [3.05, 3.63) is 22.2 Å². The number of benzene rings is 1. The number of rotatable bonds is 4. The summed E-state index contributed by atoms with van der Waals surface area (Å²) in [6.07, 6.45) is 0. The second-order valence-corrected chi connectivity index (χ2v) is 5.07. The molecule has 0 heterocycles. The topological polar surface area (TPSA) is 38.7 Å². The van der Waals surface area contributed by atoms with Gasteiger partial charge in [-0.1, -0.05) is 25.4 Å². The third-order valence-electron chi connectivity index (χ3n) is 2.87. The largest absolute Gasteiger partial charge is 0.492 e. The fourth-order valence-electron chi connectivity index (χ4n) is 2.03. The van der Waals surface area contributed by atoms with E-state index in [2.05, 4.69) is 0 Å². The molecule has 0 fully saturated rings. The van der Waals surface area contributed by atoms with E-state index < -0.39 is 5.41 Å². The van der Waals surface area contributed by atoms with E-state index in [-0.39, 0.29) is 6.61 Å². The predicted octanol–water partition coefficient (Wildman–Crippen LogP) is 2.94. The fourth-order valence-corrected chi connectivity index (χ4v) is 2.36. The molecule has 0 saturated heterocycles. The van der Waals surface area contributed by atoms with Crippen LogP contribution in [0.1, 0.15) is 25.0 Å². The standard InChI is InChI=1S/C13H19ClO3/c1-8-6-9(14)11(16-4)12(17-5)10(8)13(2,3)7-15/h6,15H,7H2,1-5H3. The zero-order valence-electron chi connectivity index (χ0n) is 10.9. The number of hydrogen-bond acceptors (Lipinski definition) is 3. The van der Waals surface area contributed by atoms with Crippen LogP contribution in [0.5, 0.6) is 11.5 Å². The minimum atomic E-state index is -0.409. The Bertz CT molecular complexity index is 414. The van der Waals surface area contributed by atoms with Gasteiger partial charge in [-0.05, 0) is 18.6 Å². The van der Waals surface area contributed by atoms with Crippen LogP contribution in [0.2, 0.25) is 5.02 Å². The average molecular weight is 259 g/mol. The number of aryl methyl sites for hydroxylation is 1. The first-order valence-corrected chi connectivity index (χ1v) is 5.79. The van der Waals surface area contributed by atoms with Gasteiger partial charge in [0.15, 0.2) is 11.5 Å². The maximum absolute atomic E-state index is 9.50. The molecule has 1 aromatic carbocycles. The summed E-state index contributed by atoms with van der Waals surface area (Å²) in [5.41, 5.74) is 1.49. The predicted molar refractivity (Wildman–Crippen MR) is 69.4 cm³/mol. The third-order valence-corrected chi connectivity index (χ3v) is 3.15. The van der Waals surface area contributed by atoms with Crippen molar-refractivity contribution in [2.75, 3.05) is 20.8 Å². The van der Waals surface area contributed by atoms with Crippen LogP contribution in [0.25, 0.3) is 0 Å². The lowest BCUT2D eigenvalue weighted by molar-refractivity contribution is 0.213. The lowest BCUT2D eigenvalue weighted by atomic mass is 9.82. The van der Waals surface area contributed by atoms with Crippen molar-refractivity contribution in [1.82, 2.24) is 0 Å². The van der Waals surface area contributed by atoms with Crippen molar-refractivity contribution < 1.29 is 14.6 Å². The second kappa shape index (κ2) is 5.15. The molecule has 17 heavy (non-hydrogen) atoms. The van der Waals surface area contributed by atoms with Crippen LogP contribution < -0.4 is 9.47 Å². The van der Waals surface area contributed by atoms with Crippen molar-refractivity contribution in [3.8, 4) is 11.5 Å². The number of halogens is 1. The van der Waals surface area contributed by atoms with E-state index in [1.54, 1.807) is 14.2 Å². The Morgan fingerprint density at radius 1 is 1.24 bits per heavy atom. The molecule has 0 bridgehead atoms. The summed E-state index contributed by atoms with van der Waals surface area (Å²) >= 11 is 6.11. The molecule has 0 saturated carbocycles. The maximum atomic E-state index is 9.50. The van der Waals surface area contributed by atoms with Gasteiger partial charge in [0.2, 0.25) is 0 Å². The Hall–Kier alpha value is -0.930. The van der Waals surface area contributed by atoms with Crippen molar-refractivity contribution in [2.45, 2.75) is 26.2 Å². The molecular weight excluding hydrogens is 240 g/mol. The number of ether oxygens (including phenoxy) is 2. The Labute approximate surface area is 107 Å². The quantitative estimate of drug-likeness (QED) is 0.903. The first kappa shape index (κ1) is 14.1. The highest BCUT2D eigenvalue weighted by molar-refractivity contribution is 6.32. The minimum Gasteiger partial charge on any atom is -0.492 e. The van der Waals surface area contributed by atoms with Gasteiger partial charge in [-0.3, -0.25) is 0 Å². The second-order valence-electron chi connectivity index (χ2n) is 4.66. The zero-order valence-corrected chi connectivity index (χ0v) is 11.7. The zero-order chi connectivity index (χ0) is 13.2. The van der Waals surface area contributed by atoms with E-state index in [1.807, 2.05) is 26.8 Å². The van der Waals surface area contributed by atoms with Gasteiger partial charge in [0, 0.05) is 11.0 Å². The summed E-state index contributed by atoms with van der Waals surface area (Å²) < 4.78 is 10.7. The fraction of sp³-hybridized carbons (Fsp3) is 0.538. The van der Waals surface area contributed by atoms with Crippen molar-refractivity contribution in [2.24, 2.45) is 0 Å². The number of aliphatic hydroxyl groups is 1. The maximum Gasteiger partial charge on any atom is 0.179 e. The summed E-state index contributed by atoms with van der Waals surface area (Å²) in [5, 5.41) is 10.0. The molecule has 0 aliphatic carbocycles. The summed E-state index contributed by atoms with van der Waals surface area (Å²) in [6.45, 7) is 5.87. The molecule has 0 atom stereocenters. The van der Waals surface area contributed by atoms with E-state index in [9.17, 15) is 5.11 Å². The lowest BCUT2D eigenvalue weighted by Gasteiger charge is -2.28. The van der Waals surface area contributed by atoms with Crippen LogP contribution in [0.15, 0.2) is 6.07 Å². The normalized spacial score (nSPS) is 11.5. The molecule has 1 N–H and O–H groups in total. The number of hydrogen-bond donors (Lipinski definition) is 1. The van der Waals surface area contributed by atoms with Crippen molar-refractivity contribution in [3.63, 3.8) is 0 Å². The van der Waals surface area contributed by atoms with Crippen LogP contribution in [0.3, 0.4) is 0 Å². The molecule has 0 aliphatic rings. The average Bonchev–Trinajstić information content (AvgIpc) is 2.27. The van der Waals surface area contributed by atoms with Gasteiger partial charge in [0.05, 0.1) is 25.8 Å². The molecule has 0 aliphatic heterocycles. The Kier molecular flexibility index (Phi) is 4.28. The van der Waals surface area contributed by atoms with Crippen LogP contribution in [0, 0.1) is 6.92 Å². The summed E-state index contributed by atoms with van der Waals surface area (Å²) in [6, 6.07) is 1.83. The Balaban J connectivity index is 3.59. The number of methoxy groups -OCH3 is 2. The molecule has 0 amide bonds. The van der Waals surface area contributed by atoms with Gasteiger partial charge in [0.1, 0.15) is 0 Å². The van der Waals surface area contributed by atoms with Gasteiger partial charge in [-0.2, -0.15) is 0 Å². The molecule has 0 spiro atoms. The molecule has 4 heteroatoms. The minimum absolute atomic E-state index is 0.0228. The summed E-state index contributed by atoms with van der Waals surface area (Å²) in [4.78, 5) is 0.